The smallest absolute Gasteiger partial charge is 0.122 e. The molecule has 1 aliphatic heterocycles. The second kappa shape index (κ2) is 6.99. The van der Waals surface area contributed by atoms with Crippen molar-refractivity contribution in [2.45, 2.75) is 19.1 Å². The second-order valence-corrected chi connectivity index (χ2v) is 6.21. The first-order valence-electron chi connectivity index (χ1n) is 8.50. The van der Waals surface area contributed by atoms with Gasteiger partial charge in [0.1, 0.15) is 24.2 Å². The minimum absolute atomic E-state index is 0.510. The van der Waals surface area contributed by atoms with Crippen molar-refractivity contribution in [3.8, 4) is 11.5 Å². The molecule has 0 fully saturated rings. The number of rotatable bonds is 5. The number of fused-ring (bicyclic) bond motifs is 1. The zero-order chi connectivity index (χ0) is 17.1. The molecule has 3 heteroatoms. The molecule has 3 nitrogen and oxygen atoms in total. The Morgan fingerprint density at radius 3 is 2.64 bits per heavy atom. The van der Waals surface area contributed by atoms with Crippen molar-refractivity contribution in [3.05, 3.63) is 95.1 Å². The molecular formula is C22H20O3. The molecule has 0 aromatic heterocycles. The van der Waals surface area contributed by atoms with E-state index in [-0.39, 0.29) is 0 Å². The van der Waals surface area contributed by atoms with E-state index in [0.29, 0.717) is 6.61 Å². The predicted molar refractivity (Wildman–Crippen MR) is 96.9 cm³/mol. The van der Waals surface area contributed by atoms with E-state index < -0.39 is 6.10 Å². The van der Waals surface area contributed by atoms with Gasteiger partial charge in [-0.1, -0.05) is 48.5 Å². The van der Waals surface area contributed by atoms with Crippen LogP contribution in [0.4, 0.5) is 0 Å². The molecule has 0 spiro atoms. The lowest BCUT2D eigenvalue weighted by molar-refractivity contribution is 0.219. The molecule has 0 saturated carbocycles. The zero-order valence-corrected chi connectivity index (χ0v) is 13.9. The van der Waals surface area contributed by atoms with Gasteiger partial charge >= 0.3 is 0 Å². The Bertz CT molecular complexity index is 858. The molecule has 25 heavy (non-hydrogen) atoms. The molecule has 0 bridgehead atoms. The fourth-order valence-corrected chi connectivity index (χ4v) is 3.08. The largest absolute Gasteiger partial charge is 0.493 e. The predicted octanol–water partition coefficient (Wildman–Crippen LogP) is 4.28. The van der Waals surface area contributed by atoms with Gasteiger partial charge in [-0.25, -0.2) is 0 Å². The maximum atomic E-state index is 10.7. The third-order valence-electron chi connectivity index (χ3n) is 4.45. The lowest BCUT2D eigenvalue weighted by Crippen LogP contribution is -2.01. The topological polar surface area (TPSA) is 38.7 Å². The molecule has 1 N–H and O–H groups in total. The normalized spacial score (nSPS) is 13.8. The van der Waals surface area contributed by atoms with E-state index in [0.717, 1.165) is 46.8 Å². The molecule has 3 aromatic rings. The van der Waals surface area contributed by atoms with Crippen molar-refractivity contribution >= 4 is 0 Å². The van der Waals surface area contributed by atoms with Gasteiger partial charge in [-0.05, 0) is 46.5 Å². The first-order chi connectivity index (χ1) is 12.3. The highest BCUT2D eigenvalue weighted by atomic mass is 16.5. The van der Waals surface area contributed by atoms with E-state index in [1.807, 2.05) is 72.8 Å². The number of benzene rings is 3. The molecule has 0 aliphatic carbocycles. The number of hydrogen-bond acceptors (Lipinski definition) is 3. The molecular weight excluding hydrogens is 312 g/mol. The highest BCUT2D eigenvalue weighted by molar-refractivity contribution is 5.43. The van der Waals surface area contributed by atoms with E-state index in [4.69, 9.17) is 9.47 Å². The van der Waals surface area contributed by atoms with Crippen LogP contribution in [0.2, 0.25) is 0 Å². The van der Waals surface area contributed by atoms with Crippen molar-refractivity contribution in [3.63, 3.8) is 0 Å². The van der Waals surface area contributed by atoms with Gasteiger partial charge in [0.15, 0.2) is 0 Å². The van der Waals surface area contributed by atoms with Crippen LogP contribution in [0.1, 0.15) is 28.4 Å². The summed E-state index contributed by atoms with van der Waals surface area (Å²) in [6.07, 6.45) is 0.224. The summed E-state index contributed by atoms with van der Waals surface area (Å²) in [4.78, 5) is 0. The average Bonchev–Trinajstić information content (AvgIpc) is 3.14. The molecule has 0 saturated heterocycles. The molecule has 1 heterocycles. The van der Waals surface area contributed by atoms with Gasteiger partial charge in [0.05, 0.1) is 6.61 Å². The van der Waals surface area contributed by atoms with Gasteiger partial charge in [0.25, 0.3) is 0 Å². The Morgan fingerprint density at radius 2 is 1.76 bits per heavy atom. The van der Waals surface area contributed by atoms with Crippen LogP contribution in [0.3, 0.4) is 0 Å². The van der Waals surface area contributed by atoms with Crippen LogP contribution in [0.25, 0.3) is 0 Å². The van der Waals surface area contributed by atoms with Crippen LogP contribution in [-0.4, -0.2) is 11.7 Å². The van der Waals surface area contributed by atoms with Crippen LogP contribution >= 0.6 is 0 Å². The maximum Gasteiger partial charge on any atom is 0.122 e. The Kier molecular flexibility index (Phi) is 4.40. The number of hydrogen-bond donors (Lipinski definition) is 1. The minimum Gasteiger partial charge on any atom is -0.493 e. The van der Waals surface area contributed by atoms with E-state index >= 15 is 0 Å². The van der Waals surface area contributed by atoms with Gasteiger partial charge in [-0.2, -0.15) is 0 Å². The third kappa shape index (κ3) is 3.52. The lowest BCUT2D eigenvalue weighted by atomic mass is 9.99. The number of aliphatic hydroxyl groups is 1. The summed E-state index contributed by atoms with van der Waals surface area (Å²) in [5.74, 6) is 1.68. The van der Waals surface area contributed by atoms with Crippen LogP contribution in [0.5, 0.6) is 11.5 Å². The Morgan fingerprint density at radius 1 is 0.920 bits per heavy atom. The maximum absolute atomic E-state index is 10.7. The van der Waals surface area contributed by atoms with Crippen molar-refractivity contribution in [1.82, 2.24) is 0 Å². The summed E-state index contributed by atoms with van der Waals surface area (Å²) in [5.41, 5.74) is 3.98. The Hall–Kier alpha value is -2.78. The lowest BCUT2D eigenvalue weighted by Gasteiger charge is -2.14. The van der Waals surface area contributed by atoms with Crippen molar-refractivity contribution in [1.29, 1.82) is 0 Å². The first kappa shape index (κ1) is 15.7. The SMILES string of the molecule is OC(c1cccc(OCc2ccccc2)c1)c1ccc2c(c1)CCO2. The molecule has 1 aliphatic rings. The summed E-state index contributed by atoms with van der Waals surface area (Å²) in [6.45, 7) is 1.23. The van der Waals surface area contributed by atoms with Crippen LogP contribution in [0.15, 0.2) is 72.8 Å². The van der Waals surface area contributed by atoms with Crippen LogP contribution in [0, 0.1) is 0 Å². The Labute approximate surface area is 147 Å². The van der Waals surface area contributed by atoms with Crippen molar-refractivity contribution in [2.24, 2.45) is 0 Å². The highest BCUT2D eigenvalue weighted by Crippen LogP contribution is 2.31. The van der Waals surface area contributed by atoms with E-state index in [2.05, 4.69) is 0 Å². The van der Waals surface area contributed by atoms with Gasteiger partial charge in [-0.15, -0.1) is 0 Å². The molecule has 0 radical (unpaired) electrons. The van der Waals surface area contributed by atoms with Gasteiger partial charge < -0.3 is 14.6 Å². The van der Waals surface area contributed by atoms with Crippen molar-refractivity contribution in [2.75, 3.05) is 6.61 Å². The van der Waals surface area contributed by atoms with Gasteiger partial charge in [0, 0.05) is 6.42 Å². The minimum atomic E-state index is -0.675. The van der Waals surface area contributed by atoms with E-state index in [9.17, 15) is 5.11 Å². The quantitative estimate of drug-likeness (QED) is 0.758. The number of aliphatic hydroxyl groups excluding tert-OH is 1. The van der Waals surface area contributed by atoms with E-state index in [1.165, 1.54) is 0 Å². The highest BCUT2D eigenvalue weighted by Gasteiger charge is 2.17. The molecule has 4 rings (SSSR count). The second-order valence-electron chi connectivity index (χ2n) is 6.21. The average molecular weight is 332 g/mol. The molecule has 1 unspecified atom stereocenters. The zero-order valence-electron chi connectivity index (χ0n) is 13.9. The summed E-state index contributed by atoms with van der Waals surface area (Å²) < 4.78 is 11.4. The summed E-state index contributed by atoms with van der Waals surface area (Å²) in [7, 11) is 0. The molecule has 126 valence electrons. The van der Waals surface area contributed by atoms with Crippen LogP contribution in [-0.2, 0) is 13.0 Å². The monoisotopic (exact) mass is 332 g/mol. The fourth-order valence-electron chi connectivity index (χ4n) is 3.08. The third-order valence-corrected chi connectivity index (χ3v) is 4.45. The van der Waals surface area contributed by atoms with E-state index in [1.54, 1.807) is 0 Å². The fraction of sp³-hybridized carbons (Fsp3) is 0.182. The molecule has 0 amide bonds. The van der Waals surface area contributed by atoms with Gasteiger partial charge in [0.2, 0.25) is 0 Å². The van der Waals surface area contributed by atoms with Crippen molar-refractivity contribution < 1.29 is 14.6 Å². The summed E-state index contributed by atoms with van der Waals surface area (Å²) in [6, 6.07) is 23.6. The number of ether oxygens (including phenoxy) is 2. The summed E-state index contributed by atoms with van der Waals surface area (Å²) >= 11 is 0. The standard InChI is InChI=1S/C22H20O3/c23-22(19-9-10-21-17(13-19)11-12-24-21)18-7-4-8-20(14-18)25-15-16-5-2-1-3-6-16/h1-10,13-14,22-23H,11-12,15H2. The van der Waals surface area contributed by atoms with Gasteiger partial charge in [-0.3, -0.25) is 0 Å². The molecule has 3 aromatic carbocycles. The Balaban J connectivity index is 1.50. The molecule has 1 atom stereocenters. The van der Waals surface area contributed by atoms with Crippen LogP contribution < -0.4 is 9.47 Å². The first-order valence-corrected chi connectivity index (χ1v) is 8.50. The summed E-state index contributed by atoms with van der Waals surface area (Å²) in [5, 5.41) is 10.7.